The molecule has 2 aromatic carbocycles. The molecule has 0 aliphatic heterocycles. The minimum absolute atomic E-state index is 0.113. The van der Waals surface area contributed by atoms with E-state index in [4.69, 9.17) is 4.74 Å². The number of halogens is 1. The van der Waals surface area contributed by atoms with Gasteiger partial charge in [0.25, 0.3) is 0 Å². The van der Waals surface area contributed by atoms with E-state index in [1.165, 1.54) is 0 Å². The van der Waals surface area contributed by atoms with Gasteiger partial charge < -0.3 is 20.7 Å². The number of amides is 3. The molecule has 0 saturated heterocycles. The summed E-state index contributed by atoms with van der Waals surface area (Å²) in [6.45, 7) is -0.355. The second kappa shape index (κ2) is 14.0. The van der Waals surface area contributed by atoms with Crippen molar-refractivity contribution in [3.8, 4) is 0 Å². The summed E-state index contributed by atoms with van der Waals surface area (Å²) in [5, 5.41) is 8.40. The maximum absolute atomic E-state index is 12.2. The zero-order valence-electron chi connectivity index (χ0n) is 17.1. The minimum Gasteiger partial charge on any atom is -0.445 e. The normalized spacial score (nSPS) is 11.5. The Hall–Kier alpha value is -3.13. The van der Waals surface area contributed by atoms with Crippen LogP contribution in [0.2, 0.25) is 0 Å². The number of alkyl carbamates (subject to hydrolysis) is 1. The molecule has 3 N–H and O–H groups in total. The number of hydrogen-bond donors (Lipinski definition) is 3. The molecular weight excluding hydrogens is 462 g/mol. The average Bonchev–Trinajstić information content (AvgIpc) is 2.79. The van der Waals surface area contributed by atoms with Gasteiger partial charge in [0.2, 0.25) is 11.8 Å². The van der Waals surface area contributed by atoms with E-state index in [0.717, 1.165) is 11.1 Å². The molecule has 3 amide bonds. The van der Waals surface area contributed by atoms with Crippen LogP contribution >= 0.6 is 15.9 Å². The van der Waals surface area contributed by atoms with Crippen molar-refractivity contribution >= 4 is 33.8 Å². The molecule has 0 aliphatic rings. The highest BCUT2D eigenvalue weighted by Gasteiger charge is 2.12. The van der Waals surface area contributed by atoms with Gasteiger partial charge in [-0.15, -0.1) is 0 Å². The molecule has 0 fully saturated rings. The molecule has 0 saturated carbocycles. The number of allylic oxidation sites excluding steroid dienone is 1. The molecule has 0 aliphatic carbocycles. The first-order valence-electron chi connectivity index (χ1n) is 9.84. The number of benzene rings is 2. The third kappa shape index (κ3) is 10.5. The lowest BCUT2D eigenvalue weighted by molar-refractivity contribution is -0.125. The van der Waals surface area contributed by atoms with Crippen molar-refractivity contribution < 1.29 is 19.1 Å². The van der Waals surface area contributed by atoms with Crippen LogP contribution in [0.4, 0.5) is 4.79 Å². The van der Waals surface area contributed by atoms with Crippen LogP contribution in [0.5, 0.6) is 0 Å². The highest BCUT2D eigenvalue weighted by Crippen LogP contribution is 2.05. The summed E-state index contributed by atoms with van der Waals surface area (Å²) in [5.74, 6) is -0.803. The fourth-order valence-corrected chi connectivity index (χ4v) is 2.89. The Morgan fingerprint density at radius 2 is 1.48 bits per heavy atom. The summed E-state index contributed by atoms with van der Waals surface area (Å²) in [7, 11) is 0. The Labute approximate surface area is 190 Å². The van der Waals surface area contributed by atoms with Gasteiger partial charge in [-0.1, -0.05) is 88.7 Å². The fourth-order valence-electron chi connectivity index (χ4n) is 2.68. The molecule has 164 valence electrons. The first-order valence-corrected chi connectivity index (χ1v) is 11.0. The van der Waals surface area contributed by atoms with Crippen LogP contribution in [0, 0.1) is 0 Å². The first kappa shape index (κ1) is 24.1. The molecule has 0 spiro atoms. The lowest BCUT2D eigenvalue weighted by Gasteiger charge is -2.16. The van der Waals surface area contributed by atoms with Crippen molar-refractivity contribution in [3.05, 3.63) is 83.9 Å². The van der Waals surface area contributed by atoms with Crippen molar-refractivity contribution in [2.24, 2.45) is 0 Å². The summed E-state index contributed by atoms with van der Waals surface area (Å²) >= 11 is 3.33. The van der Waals surface area contributed by atoms with Crippen LogP contribution in [0.1, 0.15) is 11.1 Å². The van der Waals surface area contributed by atoms with Crippen molar-refractivity contribution in [2.45, 2.75) is 19.1 Å². The van der Waals surface area contributed by atoms with E-state index in [-0.39, 0.29) is 31.6 Å². The van der Waals surface area contributed by atoms with Crippen LogP contribution in [0.3, 0.4) is 0 Å². The number of alkyl halides is 1. The van der Waals surface area contributed by atoms with Gasteiger partial charge in [-0.2, -0.15) is 0 Å². The largest absolute Gasteiger partial charge is 0.445 e. The van der Waals surface area contributed by atoms with Crippen LogP contribution in [-0.2, 0) is 27.4 Å². The van der Waals surface area contributed by atoms with Gasteiger partial charge in [-0.25, -0.2) is 4.79 Å². The molecule has 0 heterocycles. The second-order valence-electron chi connectivity index (χ2n) is 6.64. The zero-order valence-corrected chi connectivity index (χ0v) is 18.6. The molecule has 0 bridgehead atoms. The number of rotatable bonds is 11. The summed E-state index contributed by atoms with van der Waals surface area (Å²) in [6.07, 6.45) is 3.76. The van der Waals surface area contributed by atoms with Crippen molar-refractivity contribution in [2.75, 3.05) is 18.4 Å². The second-order valence-corrected chi connectivity index (χ2v) is 7.29. The highest BCUT2D eigenvalue weighted by atomic mass is 79.9. The lowest BCUT2D eigenvalue weighted by atomic mass is 10.1. The monoisotopic (exact) mass is 487 g/mol. The Kier molecular flexibility index (Phi) is 10.9. The number of ether oxygens (including phenoxy) is 1. The Morgan fingerprint density at radius 3 is 2.13 bits per heavy atom. The van der Waals surface area contributed by atoms with E-state index in [1.54, 1.807) is 0 Å². The standard InChI is InChI=1S/C23H26BrN3O4/c24-13-7-12-20(14-18-8-3-1-4-9-18)27-22(29)16-25-21(28)15-26-23(30)31-17-19-10-5-2-6-11-19/h1-12,20H,13-17H2,(H,25,28)(H,26,30)(H,27,29)/b12-7+/t20-/m1/s1. The molecule has 2 rings (SSSR count). The van der Waals surface area contributed by atoms with E-state index in [1.807, 2.05) is 72.8 Å². The van der Waals surface area contributed by atoms with Gasteiger partial charge in [0, 0.05) is 5.33 Å². The zero-order chi connectivity index (χ0) is 22.3. The molecule has 8 heteroatoms. The molecule has 2 aromatic rings. The van der Waals surface area contributed by atoms with Crippen molar-refractivity contribution in [3.63, 3.8) is 0 Å². The molecule has 31 heavy (non-hydrogen) atoms. The van der Waals surface area contributed by atoms with E-state index in [2.05, 4.69) is 31.9 Å². The van der Waals surface area contributed by atoms with E-state index in [9.17, 15) is 14.4 Å². The van der Waals surface area contributed by atoms with Gasteiger partial charge in [0.15, 0.2) is 0 Å². The summed E-state index contributed by atoms with van der Waals surface area (Å²) < 4.78 is 5.03. The highest BCUT2D eigenvalue weighted by molar-refractivity contribution is 9.09. The van der Waals surface area contributed by atoms with E-state index in [0.29, 0.717) is 11.8 Å². The van der Waals surface area contributed by atoms with E-state index < -0.39 is 12.0 Å². The maximum Gasteiger partial charge on any atom is 0.407 e. The third-order valence-corrected chi connectivity index (χ3v) is 4.53. The average molecular weight is 488 g/mol. The Morgan fingerprint density at radius 1 is 0.871 bits per heavy atom. The van der Waals surface area contributed by atoms with E-state index >= 15 is 0 Å². The van der Waals surface area contributed by atoms with Gasteiger partial charge in [-0.05, 0) is 17.5 Å². The molecule has 0 radical (unpaired) electrons. The van der Waals surface area contributed by atoms with Crippen molar-refractivity contribution in [1.29, 1.82) is 0 Å². The van der Waals surface area contributed by atoms with Crippen LogP contribution in [-0.4, -0.2) is 42.4 Å². The SMILES string of the molecule is O=C(CNC(=O)OCc1ccccc1)NCC(=O)N[C@H](/C=C/CBr)Cc1ccccc1. The lowest BCUT2D eigenvalue weighted by Crippen LogP contribution is -2.44. The number of hydrogen-bond acceptors (Lipinski definition) is 4. The molecule has 1 atom stereocenters. The topological polar surface area (TPSA) is 96.5 Å². The summed E-state index contributed by atoms with van der Waals surface area (Å²) in [6, 6.07) is 18.8. The Balaban J connectivity index is 1.68. The molecule has 0 aromatic heterocycles. The predicted octanol–water partition coefficient (Wildman–Crippen LogP) is 2.71. The van der Waals surface area contributed by atoms with Crippen LogP contribution in [0.25, 0.3) is 0 Å². The fraction of sp³-hybridized carbons (Fsp3) is 0.261. The van der Waals surface area contributed by atoms with Crippen LogP contribution in [0.15, 0.2) is 72.8 Å². The first-order chi connectivity index (χ1) is 15.1. The van der Waals surface area contributed by atoms with Gasteiger partial charge in [0.1, 0.15) is 13.2 Å². The van der Waals surface area contributed by atoms with Crippen molar-refractivity contribution in [1.82, 2.24) is 16.0 Å². The smallest absolute Gasteiger partial charge is 0.407 e. The third-order valence-electron chi connectivity index (χ3n) is 4.15. The number of carbonyl (C=O) groups is 3. The van der Waals surface area contributed by atoms with Gasteiger partial charge >= 0.3 is 6.09 Å². The predicted molar refractivity (Wildman–Crippen MR) is 123 cm³/mol. The Bertz CT molecular complexity index is 860. The summed E-state index contributed by atoms with van der Waals surface area (Å²) in [5.41, 5.74) is 1.94. The minimum atomic E-state index is -0.703. The van der Waals surface area contributed by atoms with Gasteiger partial charge in [-0.3, -0.25) is 9.59 Å². The molecule has 7 nitrogen and oxygen atoms in total. The number of nitrogens with one attached hydrogen (secondary N) is 3. The quantitative estimate of drug-likeness (QED) is 0.335. The molecular formula is C23H26BrN3O4. The van der Waals surface area contributed by atoms with Gasteiger partial charge in [0.05, 0.1) is 12.6 Å². The summed E-state index contributed by atoms with van der Waals surface area (Å²) in [4.78, 5) is 35.8. The maximum atomic E-state index is 12.2. The number of carbonyl (C=O) groups excluding carboxylic acids is 3. The molecule has 0 unspecified atom stereocenters. The van der Waals surface area contributed by atoms with Crippen LogP contribution < -0.4 is 16.0 Å².